The van der Waals surface area contributed by atoms with Gasteiger partial charge in [-0.05, 0) is 19.3 Å². The number of rotatable bonds is 1. The topological polar surface area (TPSA) is 37.3 Å². The van der Waals surface area contributed by atoms with Gasteiger partial charge in [-0.25, -0.2) is 0 Å². The standard InChI is InChI=1S/C9H14O2/c1-2-8(10)7-5-3-4-6-9(7)11/h10H,2-6H2,1H3/b8-7-. The Hall–Kier alpha value is -0.790. The van der Waals surface area contributed by atoms with Crippen LogP contribution in [0.5, 0.6) is 0 Å². The summed E-state index contributed by atoms with van der Waals surface area (Å²) in [6.07, 6.45) is 4.02. The van der Waals surface area contributed by atoms with Crippen molar-refractivity contribution in [3.63, 3.8) is 0 Å². The van der Waals surface area contributed by atoms with Crippen LogP contribution in [0.1, 0.15) is 39.0 Å². The zero-order chi connectivity index (χ0) is 8.27. The van der Waals surface area contributed by atoms with Crippen LogP contribution in [0.15, 0.2) is 11.3 Å². The molecular formula is C9H14O2. The highest BCUT2D eigenvalue weighted by Gasteiger charge is 2.17. The molecule has 0 aliphatic heterocycles. The monoisotopic (exact) mass is 154 g/mol. The van der Waals surface area contributed by atoms with E-state index >= 15 is 0 Å². The minimum atomic E-state index is 0.149. The number of hydrogen-bond donors (Lipinski definition) is 1. The Balaban J connectivity index is 2.75. The van der Waals surface area contributed by atoms with Gasteiger partial charge in [-0.15, -0.1) is 0 Å². The first-order chi connectivity index (χ1) is 5.25. The van der Waals surface area contributed by atoms with Crippen molar-refractivity contribution >= 4 is 5.78 Å². The molecule has 62 valence electrons. The fraction of sp³-hybridized carbons (Fsp3) is 0.667. The SMILES string of the molecule is CC/C(O)=C1\CCCCC1=O. The minimum absolute atomic E-state index is 0.149. The Bertz CT molecular complexity index is 192. The number of allylic oxidation sites excluding steroid dienone is 2. The van der Waals surface area contributed by atoms with Gasteiger partial charge in [-0.2, -0.15) is 0 Å². The van der Waals surface area contributed by atoms with E-state index in [-0.39, 0.29) is 5.78 Å². The molecule has 0 aromatic carbocycles. The van der Waals surface area contributed by atoms with Crippen molar-refractivity contribution in [1.29, 1.82) is 0 Å². The largest absolute Gasteiger partial charge is 0.512 e. The first kappa shape index (κ1) is 8.31. The van der Waals surface area contributed by atoms with Crippen LogP contribution in [0.2, 0.25) is 0 Å². The first-order valence-electron chi connectivity index (χ1n) is 4.20. The number of carbonyl (C=O) groups excluding carboxylic acids is 1. The van der Waals surface area contributed by atoms with Crippen molar-refractivity contribution < 1.29 is 9.90 Å². The maximum absolute atomic E-state index is 11.2. The zero-order valence-corrected chi connectivity index (χ0v) is 6.89. The summed E-state index contributed by atoms with van der Waals surface area (Å²) in [5.41, 5.74) is 0.679. The van der Waals surface area contributed by atoms with Crippen LogP contribution in [0.25, 0.3) is 0 Å². The van der Waals surface area contributed by atoms with E-state index in [4.69, 9.17) is 0 Å². The van der Waals surface area contributed by atoms with Crippen LogP contribution in [-0.2, 0) is 4.79 Å². The molecule has 0 saturated heterocycles. The summed E-state index contributed by atoms with van der Waals surface area (Å²) in [6.45, 7) is 1.87. The molecule has 0 aromatic rings. The van der Waals surface area contributed by atoms with Gasteiger partial charge < -0.3 is 5.11 Å². The normalized spacial score (nSPS) is 23.5. The molecule has 0 spiro atoms. The lowest BCUT2D eigenvalue weighted by Gasteiger charge is -2.13. The fourth-order valence-corrected chi connectivity index (χ4v) is 1.40. The van der Waals surface area contributed by atoms with Crippen LogP contribution in [-0.4, -0.2) is 10.9 Å². The smallest absolute Gasteiger partial charge is 0.162 e. The zero-order valence-electron chi connectivity index (χ0n) is 6.89. The van der Waals surface area contributed by atoms with Gasteiger partial charge in [0.2, 0.25) is 0 Å². The molecule has 0 radical (unpaired) electrons. The Kier molecular flexibility index (Phi) is 2.69. The second-order valence-electron chi connectivity index (χ2n) is 2.91. The molecule has 0 atom stereocenters. The van der Waals surface area contributed by atoms with Crippen LogP contribution in [0.3, 0.4) is 0 Å². The highest BCUT2D eigenvalue weighted by Crippen LogP contribution is 2.22. The van der Waals surface area contributed by atoms with Gasteiger partial charge in [0.15, 0.2) is 5.78 Å². The number of Topliss-reactive ketones (excluding diaryl/α,β-unsaturated/α-hetero) is 1. The van der Waals surface area contributed by atoms with Gasteiger partial charge >= 0.3 is 0 Å². The lowest BCUT2D eigenvalue weighted by Crippen LogP contribution is -2.10. The minimum Gasteiger partial charge on any atom is -0.512 e. The average Bonchev–Trinajstić information content (AvgIpc) is 2.04. The van der Waals surface area contributed by atoms with Crippen molar-refractivity contribution in [3.05, 3.63) is 11.3 Å². The Labute approximate surface area is 66.9 Å². The maximum atomic E-state index is 11.2. The molecule has 2 heteroatoms. The van der Waals surface area contributed by atoms with Gasteiger partial charge in [0.05, 0.1) is 5.76 Å². The number of ketones is 1. The van der Waals surface area contributed by atoms with Gasteiger partial charge in [-0.3, -0.25) is 4.79 Å². The number of aliphatic hydroxyl groups is 1. The molecule has 0 heterocycles. The molecule has 0 amide bonds. The Morgan fingerprint density at radius 1 is 1.45 bits per heavy atom. The molecule has 1 saturated carbocycles. The fourth-order valence-electron chi connectivity index (χ4n) is 1.40. The van der Waals surface area contributed by atoms with E-state index in [9.17, 15) is 9.90 Å². The summed E-state index contributed by atoms with van der Waals surface area (Å²) in [5, 5.41) is 9.31. The molecule has 0 aromatic heterocycles. The van der Waals surface area contributed by atoms with E-state index < -0.39 is 0 Å². The lowest BCUT2D eigenvalue weighted by atomic mass is 9.92. The molecular weight excluding hydrogens is 140 g/mol. The molecule has 1 rings (SSSR count). The first-order valence-corrected chi connectivity index (χ1v) is 4.20. The van der Waals surface area contributed by atoms with Crippen molar-refractivity contribution in [3.8, 4) is 0 Å². The summed E-state index contributed by atoms with van der Waals surface area (Å²) in [7, 11) is 0. The van der Waals surface area contributed by atoms with Crippen LogP contribution in [0.4, 0.5) is 0 Å². The van der Waals surface area contributed by atoms with Crippen molar-refractivity contribution in [2.75, 3.05) is 0 Å². The Morgan fingerprint density at radius 2 is 2.09 bits per heavy atom. The van der Waals surface area contributed by atoms with Crippen LogP contribution >= 0.6 is 0 Å². The highest BCUT2D eigenvalue weighted by molar-refractivity contribution is 5.96. The molecule has 11 heavy (non-hydrogen) atoms. The summed E-state index contributed by atoms with van der Waals surface area (Å²) in [5.74, 6) is 0.449. The average molecular weight is 154 g/mol. The number of hydrogen-bond acceptors (Lipinski definition) is 2. The highest BCUT2D eigenvalue weighted by atomic mass is 16.3. The maximum Gasteiger partial charge on any atom is 0.162 e. The van der Waals surface area contributed by atoms with Crippen molar-refractivity contribution in [1.82, 2.24) is 0 Å². The van der Waals surface area contributed by atoms with Crippen molar-refractivity contribution in [2.24, 2.45) is 0 Å². The molecule has 0 unspecified atom stereocenters. The molecule has 1 aliphatic rings. The number of aliphatic hydroxyl groups excluding tert-OH is 1. The molecule has 0 bridgehead atoms. The number of carbonyl (C=O) groups is 1. The van der Waals surface area contributed by atoms with E-state index in [1.54, 1.807) is 0 Å². The predicted octanol–water partition coefficient (Wildman–Crippen LogP) is 2.35. The van der Waals surface area contributed by atoms with E-state index in [0.29, 0.717) is 24.2 Å². The summed E-state index contributed by atoms with van der Waals surface area (Å²) >= 11 is 0. The summed E-state index contributed by atoms with van der Waals surface area (Å²) < 4.78 is 0. The summed E-state index contributed by atoms with van der Waals surface area (Å²) in [4.78, 5) is 11.2. The Morgan fingerprint density at radius 3 is 2.64 bits per heavy atom. The van der Waals surface area contributed by atoms with Crippen LogP contribution in [0, 0.1) is 0 Å². The third kappa shape index (κ3) is 1.82. The van der Waals surface area contributed by atoms with Gasteiger partial charge in [-0.1, -0.05) is 6.92 Å². The molecule has 1 aliphatic carbocycles. The van der Waals surface area contributed by atoms with Crippen molar-refractivity contribution in [2.45, 2.75) is 39.0 Å². The molecule has 1 fully saturated rings. The summed E-state index contributed by atoms with van der Waals surface area (Å²) in [6, 6.07) is 0. The van der Waals surface area contributed by atoms with E-state index in [1.165, 1.54) is 0 Å². The van der Waals surface area contributed by atoms with Gasteiger partial charge in [0.1, 0.15) is 0 Å². The second kappa shape index (κ2) is 3.56. The third-order valence-electron chi connectivity index (χ3n) is 2.10. The molecule has 2 nitrogen and oxygen atoms in total. The third-order valence-corrected chi connectivity index (χ3v) is 2.10. The van der Waals surface area contributed by atoms with Gasteiger partial charge in [0.25, 0.3) is 0 Å². The van der Waals surface area contributed by atoms with E-state index in [2.05, 4.69) is 0 Å². The quantitative estimate of drug-likeness (QED) is 0.465. The van der Waals surface area contributed by atoms with Crippen LogP contribution < -0.4 is 0 Å². The van der Waals surface area contributed by atoms with Gasteiger partial charge in [0, 0.05) is 18.4 Å². The predicted molar refractivity (Wildman–Crippen MR) is 43.4 cm³/mol. The van der Waals surface area contributed by atoms with E-state index in [0.717, 1.165) is 19.3 Å². The van der Waals surface area contributed by atoms with E-state index in [1.807, 2.05) is 6.92 Å². The lowest BCUT2D eigenvalue weighted by molar-refractivity contribution is -0.116. The molecule has 1 N–H and O–H groups in total. The second-order valence-corrected chi connectivity index (χ2v) is 2.91.